The van der Waals surface area contributed by atoms with Crippen LogP contribution in [-0.4, -0.2) is 16.1 Å². The highest BCUT2D eigenvalue weighted by Gasteiger charge is 2.15. The molecule has 1 heterocycles. The topological polar surface area (TPSA) is 62.2 Å². The van der Waals surface area contributed by atoms with Crippen molar-refractivity contribution < 1.29 is 9.90 Å². The zero-order valence-electron chi connectivity index (χ0n) is 15.4. The number of aromatic carboxylic acids is 1. The van der Waals surface area contributed by atoms with Crippen LogP contribution in [0.3, 0.4) is 0 Å². The molecule has 0 amide bonds. The van der Waals surface area contributed by atoms with Crippen molar-refractivity contribution in [2.45, 2.75) is 33.2 Å². The summed E-state index contributed by atoms with van der Waals surface area (Å²) in [6.07, 6.45) is 2.81. The maximum absolute atomic E-state index is 11.1. The predicted octanol–water partition coefficient (Wildman–Crippen LogP) is 5.44. The molecule has 0 saturated carbocycles. The van der Waals surface area contributed by atoms with E-state index in [4.69, 9.17) is 5.11 Å². The van der Waals surface area contributed by atoms with Crippen LogP contribution in [0, 0.1) is 12.8 Å². The number of fused-ring (bicyclic) bond motifs is 1. The maximum Gasteiger partial charge on any atom is 0.335 e. The van der Waals surface area contributed by atoms with E-state index < -0.39 is 5.97 Å². The summed E-state index contributed by atoms with van der Waals surface area (Å²) in [7, 11) is 0. The first-order valence-corrected chi connectivity index (χ1v) is 8.89. The third kappa shape index (κ3) is 4.02. The Labute approximate surface area is 153 Å². The molecular weight excluding hydrogens is 324 g/mol. The Morgan fingerprint density at radius 2 is 1.88 bits per heavy atom. The number of carbonyl (C=O) groups is 1. The number of aryl methyl sites for hydroxylation is 1. The highest BCUT2D eigenvalue weighted by molar-refractivity contribution is 5.87. The molecule has 0 spiro atoms. The molecule has 0 bridgehead atoms. The first kappa shape index (κ1) is 17.9. The number of nitrogens with one attached hydrogen (secondary N) is 1. The van der Waals surface area contributed by atoms with Crippen molar-refractivity contribution in [1.82, 2.24) is 4.98 Å². The molecule has 0 radical (unpaired) electrons. The van der Waals surface area contributed by atoms with Gasteiger partial charge in [0.2, 0.25) is 0 Å². The first-order chi connectivity index (χ1) is 12.4. The van der Waals surface area contributed by atoms with Gasteiger partial charge in [-0.1, -0.05) is 44.2 Å². The van der Waals surface area contributed by atoms with Gasteiger partial charge in [-0.25, -0.2) is 4.79 Å². The van der Waals surface area contributed by atoms with Crippen LogP contribution in [0.4, 0.5) is 5.69 Å². The second-order valence-electron chi connectivity index (χ2n) is 7.12. The average Bonchev–Trinajstić information content (AvgIpc) is 2.61. The smallest absolute Gasteiger partial charge is 0.335 e. The molecule has 1 aromatic heterocycles. The van der Waals surface area contributed by atoms with Crippen molar-refractivity contribution in [2.24, 2.45) is 5.92 Å². The van der Waals surface area contributed by atoms with Gasteiger partial charge < -0.3 is 10.4 Å². The van der Waals surface area contributed by atoms with Crippen molar-refractivity contribution in [1.29, 1.82) is 0 Å². The number of aromatic nitrogens is 1. The maximum atomic E-state index is 11.1. The summed E-state index contributed by atoms with van der Waals surface area (Å²) in [5.74, 6) is -0.402. The third-order valence-corrected chi connectivity index (χ3v) is 4.52. The minimum absolute atomic E-state index is 0.0990. The number of rotatable bonds is 6. The van der Waals surface area contributed by atoms with Gasteiger partial charge in [-0.2, -0.15) is 0 Å². The molecule has 0 fully saturated rings. The fourth-order valence-electron chi connectivity index (χ4n) is 3.20. The highest BCUT2D eigenvalue weighted by Crippen LogP contribution is 2.28. The van der Waals surface area contributed by atoms with Gasteiger partial charge in [-0.3, -0.25) is 4.98 Å². The summed E-state index contributed by atoms with van der Waals surface area (Å²) in [6, 6.07) is 15.5. The number of para-hydroxylation sites is 1. The monoisotopic (exact) mass is 348 g/mol. The molecule has 0 aliphatic rings. The molecule has 1 atom stereocenters. The average molecular weight is 348 g/mol. The lowest BCUT2D eigenvalue weighted by atomic mass is 9.96. The van der Waals surface area contributed by atoms with Crippen molar-refractivity contribution in [3.05, 3.63) is 71.4 Å². The predicted molar refractivity (Wildman–Crippen MR) is 106 cm³/mol. The summed E-state index contributed by atoms with van der Waals surface area (Å²) in [5, 5.41) is 13.8. The lowest BCUT2D eigenvalue weighted by molar-refractivity contribution is 0.0697. The summed E-state index contributed by atoms with van der Waals surface area (Å²) < 4.78 is 0. The minimum atomic E-state index is -0.904. The van der Waals surface area contributed by atoms with Crippen molar-refractivity contribution in [3.8, 4) is 0 Å². The number of pyridine rings is 1. The Hall–Kier alpha value is -2.88. The van der Waals surface area contributed by atoms with Crippen LogP contribution in [0.2, 0.25) is 0 Å². The number of carboxylic acid groups (broad SMARTS) is 1. The van der Waals surface area contributed by atoms with E-state index in [0.717, 1.165) is 34.1 Å². The molecule has 4 nitrogen and oxygen atoms in total. The van der Waals surface area contributed by atoms with Gasteiger partial charge in [-0.05, 0) is 48.6 Å². The van der Waals surface area contributed by atoms with Crippen LogP contribution < -0.4 is 5.32 Å². The van der Waals surface area contributed by atoms with E-state index >= 15 is 0 Å². The number of benzene rings is 2. The van der Waals surface area contributed by atoms with Crippen molar-refractivity contribution in [3.63, 3.8) is 0 Å². The Balaban J connectivity index is 1.89. The van der Waals surface area contributed by atoms with Crippen LogP contribution in [-0.2, 0) is 0 Å². The van der Waals surface area contributed by atoms with Crippen LogP contribution in [0.5, 0.6) is 0 Å². The van der Waals surface area contributed by atoms with Crippen LogP contribution in [0.15, 0.2) is 54.7 Å². The second kappa shape index (κ2) is 7.56. The van der Waals surface area contributed by atoms with E-state index in [9.17, 15) is 4.79 Å². The number of anilines is 1. The first-order valence-electron chi connectivity index (χ1n) is 8.89. The number of hydrogen-bond acceptors (Lipinski definition) is 3. The van der Waals surface area contributed by atoms with E-state index in [2.05, 4.69) is 49.3 Å². The molecule has 1 unspecified atom stereocenters. The highest BCUT2D eigenvalue weighted by atomic mass is 16.4. The Bertz CT molecular complexity index is 917. The van der Waals surface area contributed by atoms with Crippen molar-refractivity contribution in [2.75, 3.05) is 5.32 Å². The Kier molecular flexibility index (Phi) is 5.21. The fourth-order valence-corrected chi connectivity index (χ4v) is 3.20. The summed E-state index contributed by atoms with van der Waals surface area (Å²) in [5.41, 5.74) is 4.53. The van der Waals surface area contributed by atoms with Gasteiger partial charge in [0.25, 0.3) is 0 Å². The Morgan fingerprint density at radius 3 is 2.54 bits per heavy atom. The van der Waals surface area contributed by atoms with E-state index in [-0.39, 0.29) is 6.04 Å². The normalized spacial score (nSPS) is 12.3. The van der Waals surface area contributed by atoms with E-state index in [0.29, 0.717) is 11.5 Å². The molecule has 3 aromatic rings. The zero-order chi connectivity index (χ0) is 18.7. The SMILES string of the molecule is Cc1cccc2cc(NC(CC(C)C)c3ccc(C(=O)O)cc3)cnc12. The number of hydrogen-bond donors (Lipinski definition) is 2. The second-order valence-corrected chi connectivity index (χ2v) is 7.12. The molecule has 0 saturated heterocycles. The minimum Gasteiger partial charge on any atom is -0.478 e. The lowest BCUT2D eigenvalue weighted by Gasteiger charge is -2.22. The lowest BCUT2D eigenvalue weighted by Crippen LogP contribution is -2.14. The summed E-state index contributed by atoms with van der Waals surface area (Å²) in [4.78, 5) is 15.7. The van der Waals surface area contributed by atoms with Crippen molar-refractivity contribution >= 4 is 22.6 Å². The standard InChI is InChI=1S/C22H24N2O2/c1-14(2)11-20(16-7-9-17(10-8-16)22(25)26)24-19-12-18-6-4-5-15(3)21(18)23-13-19/h4-10,12-14,20,24H,11H2,1-3H3,(H,25,26). The molecule has 0 aliphatic heterocycles. The quantitative estimate of drug-likeness (QED) is 0.622. The summed E-state index contributed by atoms with van der Waals surface area (Å²) in [6.45, 7) is 6.43. The molecule has 2 aromatic carbocycles. The van der Waals surface area contributed by atoms with Gasteiger partial charge in [-0.15, -0.1) is 0 Å². The third-order valence-electron chi connectivity index (χ3n) is 4.52. The van der Waals surface area contributed by atoms with E-state index in [1.165, 1.54) is 0 Å². The van der Waals surface area contributed by atoms with Crippen LogP contribution in [0.25, 0.3) is 10.9 Å². The van der Waals surface area contributed by atoms with Gasteiger partial charge in [0.15, 0.2) is 0 Å². The molecular formula is C22H24N2O2. The van der Waals surface area contributed by atoms with Gasteiger partial charge in [0, 0.05) is 5.39 Å². The molecule has 4 heteroatoms. The zero-order valence-corrected chi connectivity index (χ0v) is 15.4. The van der Waals surface area contributed by atoms with Gasteiger partial charge in [0.1, 0.15) is 0 Å². The number of nitrogens with zero attached hydrogens (tertiary/aromatic N) is 1. The molecule has 2 N–H and O–H groups in total. The molecule has 134 valence electrons. The van der Waals surface area contributed by atoms with E-state index in [1.807, 2.05) is 24.4 Å². The Morgan fingerprint density at radius 1 is 1.15 bits per heavy atom. The summed E-state index contributed by atoms with van der Waals surface area (Å²) >= 11 is 0. The number of carboxylic acids is 1. The van der Waals surface area contributed by atoms with E-state index in [1.54, 1.807) is 12.1 Å². The van der Waals surface area contributed by atoms with Crippen LogP contribution >= 0.6 is 0 Å². The van der Waals surface area contributed by atoms with Gasteiger partial charge in [0.05, 0.1) is 29.0 Å². The largest absolute Gasteiger partial charge is 0.478 e. The molecule has 3 rings (SSSR count). The molecule has 0 aliphatic carbocycles. The molecule has 26 heavy (non-hydrogen) atoms. The van der Waals surface area contributed by atoms with Crippen LogP contribution in [0.1, 0.15) is 47.8 Å². The van der Waals surface area contributed by atoms with Gasteiger partial charge >= 0.3 is 5.97 Å². The fraction of sp³-hybridized carbons (Fsp3) is 0.273.